The monoisotopic (exact) mass is 429 g/mol. The van der Waals surface area contributed by atoms with Gasteiger partial charge in [-0.3, -0.25) is 9.88 Å². The summed E-state index contributed by atoms with van der Waals surface area (Å²) in [7, 11) is 1.66. The van der Waals surface area contributed by atoms with E-state index in [-0.39, 0.29) is 11.3 Å². The van der Waals surface area contributed by atoms with E-state index in [0.29, 0.717) is 6.67 Å². The van der Waals surface area contributed by atoms with E-state index >= 15 is 0 Å². The summed E-state index contributed by atoms with van der Waals surface area (Å²) in [4.78, 5) is 9.14. The molecule has 5 rings (SSSR count). The molecule has 1 saturated heterocycles. The highest BCUT2D eigenvalue weighted by Crippen LogP contribution is 2.48. The summed E-state index contributed by atoms with van der Waals surface area (Å²) in [5.74, 6) is 0.558. The number of rotatable bonds is 5. The first-order valence-corrected chi connectivity index (χ1v) is 10.1. The fourth-order valence-corrected chi connectivity index (χ4v) is 4.44. The molecule has 2 aromatic carbocycles. The average Bonchev–Trinajstić information content (AvgIpc) is 3.43. The molecule has 1 aromatic heterocycles. The molecule has 1 saturated carbocycles. The minimum atomic E-state index is -4.68. The van der Waals surface area contributed by atoms with Gasteiger partial charge in [0.05, 0.1) is 25.5 Å². The minimum absolute atomic E-state index is 0.0938. The van der Waals surface area contributed by atoms with Crippen molar-refractivity contribution in [2.75, 3.05) is 25.2 Å². The fraction of sp³-hybridized carbons (Fsp3) is 0.348. The van der Waals surface area contributed by atoms with Crippen LogP contribution < -0.4 is 14.4 Å². The third-order valence-corrected chi connectivity index (χ3v) is 6.18. The normalized spacial score (nSPS) is 18.0. The van der Waals surface area contributed by atoms with Crippen molar-refractivity contribution in [2.45, 2.75) is 31.3 Å². The van der Waals surface area contributed by atoms with Crippen molar-refractivity contribution in [1.29, 1.82) is 0 Å². The first-order chi connectivity index (χ1) is 14.9. The first kappa shape index (κ1) is 19.9. The zero-order chi connectivity index (χ0) is 21.6. The van der Waals surface area contributed by atoms with E-state index in [2.05, 4.69) is 25.6 Å². The molecule has 0 unspecified atom stereocenters. The number of para-hydroxylation sites is 1. The molecule has 2 fully saturated rings. The molecule has 0 radical (unpaired) electrons. The maximum absolute atomic E-state index is 12.4. The number of hydrogen-bond acceptors (Lipinski definition) is 5. The predicted octanol–water partition coefficient (Wildman–Crippen LogP) is 4.95. The van der Waals surface area contributed by atoms with Gasteiger partial charge in [0.1, 0.15) is 11.5 Å². The molecule has 5 nitrogen and oxygen atoms in total. The van der Waals surface area contributed by atoms with Crippen molar-refractivity contribution in [3.8, 4) is 11.5 Å². The molecule has 3 aromatic rings. The SMILES string of the molecule is COc1cnc2ccccc2c1CN1CN(c2ccc(OC(F)(F)F)cc2)CC12CC2. The number of anilines is 1. The van der Waals surface area contributed by atoms with Crippen molar-refractivity contribution in [2.24, 2.45) is 0 Å². The Labute approximate surface area is 178 Å². The van der Waals surface area contributed by atoms with Gasteiger partial charge in [-0.2, -0.15) is 0 Å². The molecule has 1 spiro atoms. The van der Waals surface area contributed by atoms with Gasteiger partial charge < -0.3 is 14.4 Å². The summed E-state index contributed by atoms with van der Waals surface area (Å²) in [6.45, 7) is 2.26. The third-order valence-electron chi connectivity index (χ3n) is 6.18. The van der Waals surface area contributed by atoms with E-state index in [4.69, 9.17) is 4.74 Å². The number of pyridine rings is 1. The lowest BCUT2D eigenvalue weighted by atomic mass is 10.1. The summed E-state index contributed by atoms with van der Waals surface area (Å²) in [5, 5.41) is 1.07. The highest BCUT2D eigenvalue weighted by molar-refractivity contribution is 5.84. The van der Waals surface area contributed by atoms with Crippen molar-refractivity contribution in [3.63, 3.8) is 0 Å². The lowest BCUT2D eigenvalue weighted by molar-refractivity contribution is -0.274. The molecule has 0 atom stereocenters. The molecule has 0 bridgehead atoms. The second-order valence-electron chi connectivity index (χ2n) is 8.13. The largest absolute Gasteiger partial charge is 0.573 e. The highest BCUT2D eigenvalue weighted by atomic mass is 19.4. The number of methoxy groups -OCH3 is 1. The van der Waals surface area contributed by atoms with Crippen molar-refractivity contribution in [3.05, 3.63) is 60.3 Å². The van der Waals surface area contributed by atoms with Gasteiger partial charge >= 0.3 is 6.36 Å². The summed E-state index contributed by atoms with van der Waals surface area (Å²) in [5.41, 5.74) is 3.01. The van der Waals surface area contributed by atoms with E-state index in [9.17, 15) is 13.2 Å². The van der Waals surface area contributed by atoms with Gasteiger partial charge in [0.25, 0.3) is 0 Å². The molecular weight excluding hydrogens is 407 g/mol. The second kappa shape index (κ2) is 7.30. The number of nitrogens with zero attached hydrogens (tertiary/aromatic N) is 3. The molecule has 31 heavy (non-hydrogen) atoms. The van der Waals surface area contributed by atoms with Crippen LogP contribution in [-0.2, 0) is 6.54 Å². The number of halogens is 3. The maximum Gasteiger partial charge on any atom is 0.573 e. The molecule has 0 amide bonds. The molecule has 2 aliphatic rings. The number of ether oxygens (including phenoxy) is 2. The Morgan fingerprint density at radius 1 is 1.06 bits per heavy atom. The van der Waals surface area contributed by atoms with Gasteiger partial charge in [-0.25, -0.2) is 0 Å². The van der Waals surface area contributed by atoms with E-state index in [1.165, 1.54) is 12.1 Å². The summed E-state index contributed by atoms with van der Waals surface area (Å²) in [6, 6.07) is 14.1. The molecular formula is C23H22F3N3O2. The van der Waals surface area contributed by atoms with Crippen LogP contribution in [0.2, 0.25) is 0 Å². The molecule has 162 valence electrons. The molecule has 2 heterocycles. The van der Waals surface area contributed by atoms with Crippen molar-refractivity contribution < 1.29 is 22.6 Å². The van der Waals surface area contributed by atoms with Crippen LogP contribution >= 0.6 is 0 Å². The number of alkyl halides is 3. The van der Waals surface area contributed by atoms with Gasteiger partial charge in [-0.1, -0.05) is 18.2 Å². The van der Waals surface area contributed by atoms with Crippen LogP contribution in [0.3, 0.4) is 0 Å². The van der Waals surface area contributed by atoms with Crippen LogP contribution in [0.25, 0.3) is 10.9 Å². The zero-order valence-electron chi connectivity index (χ0n) is 17.0. The molecule has 1 aliphatic carbocycles. The Hall–Kier alpha value is -3.00. The van der Waals surface area contributed by atoms with E-state index in [1.807, 2.05) is 18.2 Å². The Morgan fingerprint density at radius 2 is 1.81 bits per heavy atom. The van der Waals surface area contributed by atoms with Crippen molar-refractivity contribution in [1.82, 2.24) is 9.88 Å². The lowest BCUT2D eigenvalue weighted by Gasteiger charge is -2.24. The van der Waals surface area contributed by atoms with Crippen molar-refractivity contribution >= 4 is 16.6 Å². The Morgan fingerprint density at radius 3 is 2.48 bits per heavy atom. The third kappa shape index (κ3) is 3.87. The van der Waals surface area contributed by atoms with Gasteiger partial charge in [0, 0.05) is 35.3 Å². The fourth-order valence-electron chi connectivity index (χ4n) is 4.44. The second-order valence-corrected chi connectivity index (χ2v) is 8.13. The first-order valence-electron chi connectivity index (χ1n) is 10.1. The molecule has 8 heteroatoms. The number of aromatic nitrogens is 1. The zero-order valence-corrected chi connectivity index (χ0v) is 17.0. The maximum atomic E-state index is 12.4. The van der Waals surface area contributed by atoms with Crippen LogP contribution in [-0.4, -0.2) is 42.1 Å². The Bertz CT molecular complexity index is 1100. The summed E-state index contributed by atoms with van der Waals surface area (Å²) >= 11 is 0. The van der Waals surface area contributed by atoms with Gasteiger partial charge in [0.2, 0.25) is 0 Å². The highest BCUT2D eigenvalue weighted by Gasteiger charge is 2.53. The minimum Gasteiger partial charge on any atom is -0.495 e. The number of benzene rings is 2. The topological polar surface area (TPSA) is 37.8 Å². The smallest absolute Gasteiger partial charge is 0.495 e. The van der Waals surface area contributed by atoms with Gasteiger partial charge in [-0.05, 0) is 43.2 Å². The average molecular weight is 429 g/mol. The molecule has 0 N–H and O–H groups in total. The van der Waals surface area contributed by atoms with Crippen LogP contribution in [0.1, 0.15) is 18.4 Å². The van der Waals surface area contributed by atoms with E-state index in [0.717, 1.165) is 53.8 Å². The quantitative estimate of drug-likeness (QED) is 0.574. The van der Waals surface area contributed by atoms with Crippen LogP contribution in [0, 0.1) is 0 Å². The van der Waals surface area contributed by atoms with E-state index < -0.39 is 6.36 Å². The number of fused-ring (bicyclic) bond motifs is 1. The summed E-state index contributed by atoms with van der Waals surface area (Å²) in [6.07, 6.45) is -0.713. The standard InChI is InChI=1S/C23H22F3N3O2/c1-30-21-12-27-20-5-3-2-4-18(20)19(21)13-29-15-28(14-22(29)10-11-22)16-6-8-17(9-7-16)31-23(24,25)26/h2-9,12H,10-11,13-15H2,1H3. The van der Waals surface area contributed by atoms with Crippen LogP contribution in [0.15, 0.2) is 54.7 Å². The predicted molar refractivity (Wildman–Crippen MR) is 111 cm³/mol. The van der Waals surface area contributed by atoms with Crippen LogP contribution in [0.4, 0.5) is 18.9 Å². The van der Waals surface area contributed by atoms with Crippen LogP contribution in [0.5, 0.6) is 11.5 Å². The van der Waals surface area contributed by atoms with Gasteiger partial charge in [0.15, 0.2) is 0 Å². The summed E-state index contributed by atoms with van der Waals surface area (Å²) < 4.78 is 46.9. The molecule has 1 aliphatic heterocycles. The lowest BCUT2D eigenvalue weighted by Crippen LogP contribution is -2.32. The Kier molecular flexibility index (Phi) is 4.69. The number of hydrogen-bond donors (Lipinski definition) is 0. The Balaban J connectivity index is 1.39. The van der Waals surface area contributed by atoms with Gasteiger partial charge in [-0.15, -0.1) is 13.2 Å². The van der Waals surface area contributed by atoms with E-state index in [1.54, 1.807) is 25.4 Å².